The minimum absolute atomic E-state index is 0.0229. The quantitative estimate of drug-likeness (QED) is 0.226. The van der Waals surface area contributed by atoms with Crippen LogP contribution in [0.1, 0.15) is 31.2 Å². The Balaban J connectivity index is 1.99. The molecule has 1 fully saturated rings. The Labute approximate surface area is 187 Å². The van der Waals surface area contributed by atoms with Gasteiger partial charge in [0.25, 0.3) is 5.91 Å². The molecule has 0 radical (unpaired) electrons. The zero-order chi connectivity index (χ0) is 23.9. The summed E-state index contributed by atoms with van der Waals surface area (Å²) in [4.78, 5) is 25.6. The van der Waals surface area contributed by atoms with Gasteiger partial charge in [0.2, 0.25) is 5.91 Å². The second-order valence-electron chi connectivity index (χ2n) is 7.62. The number of hydrogen-bond donors (Lipinski definition) is 5. The fourth-order valence-corrected chi connectivity index (χ4v) is 4.46. The lowest BCUT2D eigenvalue weighted by Crippen LogP contribution is -2.45. The number of likely N-dealkylation sites (tertiary alicyclic amines) is 1. The van der Waals surface area contributed by atoms with Crippen LogP contribution in [0.5, 0.6) is 11.5 Å². The lowest BCUT2D eigenvalue weighted by Gasteiger charge is -2.21. The van der Waals surface area contributed by atoms with Crippen LogP contribution in [-0.4, -0.2) is 68.6 Å². The molecule has 1 aliphatic rings. The third-order valence-corrected chi connectivity index (χ3v) is 6.09. The number of phenolic OH excluding ortho intramolecular Hbond substituents is 1. The van der Waals surface area contributed by atoms with Gasteiger partial charge >= 0.3 is 10.3 Å². The highest BCUT2D eigenvalue weighted by molar-refractivity contribution is 7.85. The summed E-state index contributed by atoms with van der Waals surface area (Å²) in [6, 6.07) is 2.96. The van der Waals surface area contributed by atoms with Crippen LogP contribution in [0.3, 0.4) is 0 Å². The van der Waals surface area contributed by atoms with E-state index in [2.05, 4.69) is 0 Å². The number of nitrogens with one attached hydrogen (secondary N) is 1. The van der Waals surface area contributed by atoms with E-state index < -0.39 is 40.3 Å². The van der Waals surface area contributed by atoms with Crippen molar-refractivity contribution in [3.8, 4) is 11.5 Å². The molecule has 1 heterocycles. The molecule has 8 N–H and O–H groups in total. The molecule has 0 bridgehead atoms. The van der Waals surface area contributed by atoms with Crippen LogP contribution in [-0.2, 0) is 30.6 Å². The first-order valence-electron chi connectivity index (χ1n) is 10.2. The van der Waals surface area contributed by atoms with Crippen LogP contribution in [0.4, 0.5) is 0 Å². The molecule has 1 saturated heterocycles. The van der Waals surface area contributed by atoms with Crippen molar-refractivity contribution in [3.63, 3.8) is 0 Å². The molecule has 1 aliphatic heterocycles. The highest BCUT2D eigenvalue weighted by Gasteiger charge is 2.39. The standard InChI is InChI=1S/C19H31N5O7S/c1-30-17-6-5-12(8-16(17)25)10-24-11-13(9-15(24)18(22)26)31-32(28,29)23-19(27)14(21)4-2-3-7-20/h5-6,8,13-15,25H,2-4,7,9-11,20-21H2,1H3,(H2,22,26)(H,23,27)/t13-,14+,15+/m1/s1. The number of phenols is 1. The summed E-state index contributed by atoms with van der Waals surface area (Å²) in [6.45, 7) is 0.729. The lowest BCUT2D eigenvalue weighted by atomic mass is 10.1. The van der Waals surface area contributed by atoms with Gasteiger partial charge in [-0.3, -0.25) is 14.5 Å². The van der Waals surface area contributed by atoms with E-state index in [9.17, 15) is 23.1 Å². The number of rotatable bonds is 12. The monoisotopic (exact) mass is 473 g/mol. The second kappa shape index (κ2) is 11.4. The Morgan fingerprint density at radius 2 is 2.06 bits per heavy atom. The first-order valence-corrected chi connectivity index (χ1v) is 11.6. The zero-order valence-electron chi connectivity index (χ0n) is 17.9. The number of unbranched alkanes of at least 4 members (excludes halogenated alkanes) is 1. The van der Waals surface area contributed by atoms with Crippen LogP contribution in [0.15, 0.2) is 18.2 Å². The number of ether oxygens (including phenoxy) is 1. The Morgan fingerprint density at radius 1 is 1.34 bits per heavy atom. The normalized spacial score (nSPS) is 20.1. The SMILES string of the molecule is COc1ccc(CN2C[C@H](OS(=O)(=O)NC(=O)[C@@H](N)CCCCN)C[C@H]2C(N)=O)cc1O. The van der Waals surface area contributed by atoms with Crippen molar-refractivity contribution in [3.05, 3.63) is 23.8 Å². The van der Waals surface area contributed by atoms with Gasteiger partial charge in [-0.15, -0.1) is 0 Å². The van der Waals surface area contributed by atoms with Crippen molar-refractivity contribution >= 4 is 22.1 Å². The second-order valence-corrected chi connectivity index (χ2v) is 8.92. The summed E-state index contributed by atoms with van der Waals surface area (Å²) in [5.74, 6) is -1.29. The van der Waals surface area contributed by atoms with Crippen molar-refractivity contribution in [2.45, 2.75) is 50.4 Å². The highest BCUT2D eigenvalue weighted by Crippen LogP contribution is 2.29. The maximum Gasteiger partial charge on any atom is 0.362 e. The molecule has 3 atom stereocenters. The van der Waals surface area contributed by atoms with E-state index in [1.165, 1.54) is 13.2 Å². The number of carbonyl (C=O) groups excluding carboxylic acids is 2. The van der Waals surface area contributed by atoms with Gasteiger partial charge in [-0.2, -0.15) is 8.42 Å². The van der Waals surface area contributed by atoms with Gasteiger partial charge in [-0.05, 0) is 37.1 Å². The Hall–Kier alpha value is -2.45. The summed E-state index contributed by atoms with van der Waals surface area (Å²) in [5, 5.41) is 9.95. The average Bonchev–Trinajstić information content (AvgIpc) is 3.09. The van der Waals surface area contributed by atoms with E-state index in [-0.39, 0.29) is 31.7 Å². The summed E-state index contributed by atoms with van der Waals surface area (Å²) in [6.07, 6.45) is 0.662. The number of nitrogens with two attached hydrogens (primary N) is 3. The molecule has 0 aliphatic carbocycles. The molecular formula is C19H31N5O7S. The highest BCUT2D eigenvalue weighted by atomic mass is 32.2. The number of carbonyl (C=O) groups is 2. The number of aromatic hydroxyl groups is 1. The van der Waals surface area contributed by atoms with Crippen LogP contribution in [0.25, 0.3) is 0 Å². The van der Waals surface area contributed by atoms with E-state index >= 15 is 0 Å². The van der Waals surface area contributed by atoms with Crippen LogP contribution in [0, 0.1) is 0 Å². The third-order valence-electron chi connectivity index (χ3n) is 5.12. The Bertz CT molecular complexity index is 911. The molecule has 1 aromatic rings. The predicted molar refractivity (Wildman–Crippen MR) is 115 cm³/mol. The number of benzene rings is 1. The maximum absolute atomic E-state index is 12.3. The van der Waals surface area contributed by atoms with Crippen LogP contribution >= 0.6 is 0 Å². The van der Waals surface area contributed by atoms with Crippen molar-refractivity contribution < 1.29 is 32.0 Å². The van der Waals surface area contributed by atoms with Gasteiger partial charge in [0.1, 0.15) is 0 Å². The van der Waals surface area contributed by atoms with Gasteiger partial charge < -0.3 is 27.0 Å². The first kappa shape index (κ1) is 25.8. The van der Waals surface area contributed by atoms with E-state index in [0.29, 0.717) is 30.7 Å². The molecule has 32 heavy (non-hydrogen) atoms. The number of amides is 2. The zero-order valence-corrected chi connectivity index (χ0v) is 18.7. The molecular weight excluding hydrogens is 442 g/mol. The first-order chi connectivity index (χ1) is 15.1. The van der Waals surface area contributed by atoms with Crippen molar-refractivity contribution in [2.24, 2.45) is 17.2 Å². The van der Waals surface area contributed by atoms with Crippen molar-refractivity contribution in [1.82, 2.24) is 9.62 Å². The molecule has 2 rings (SSSR count). The molecule has 12 nitrogen and oxygen atoms in total. The molecule has 0 unspecified atom stereocenters. The smallest absolute Gasteiger partial charge is 0.362 e. The summed E-state index contributed by atoms with van der Waals surface area (Å²) < 4.78 is 36.5. The van der Waals surface area contributed by atoms with E-state index in [1.54, 1.807) is 17.0 Å². The number of hydrogen-bond acceptors (Lipinski definition) is 10. The van der Waals surface area contributed by atoms with Crippen LogP contribution < -0.4 is 26.7 Å². The molecule has 0 saturated carbocycles. The van der Waals surface area contributed by atoms with E-state index in [4.69, 9.17) is 26.1 Å². The minimum atomic E-state index is -4.44. The van der Waals surface area contributed by atoms with Gasteiger partial charge in [-0.1, -0.05) is 12.5 Å². The van der Waals surface area contributed by atoms with E-state index in [0.717, 1.165) is 0 Å². The van der Waals surface area contributed by atoms with Crippen molar-refractivity contribution in [2.75, 3.05) is 20.2 Å². The fourth-order valence-electron chi connectivity index (χ4n) is 3.51. The lowest BCUT2D eigenvalue weighted by molar-refractivity contribution is -0.122. The Morgan fingerprint density at radius 3 is 2.66 bits per heavy atom. The van der Waals surface area contributed by atoms with Crippen molar-refractivity contribution in [1.29, 1.82) is 0 Å². The Kier molecular flexibility index (Phi) is 9.21. The van der Waals surface area contributed by atoms with Gasteiger partial charge in [0, 0.05) is 19.5 Å². The third kappa shape index (κ3) is 7.31. The molecule has 1 aromatic carbocycles. The van der Waals surface area contributed by atoms with Crippen LogP contribution in [0.2, 0.25) is 0 Å². The fraction of sp³-hybridized carbons (Fsp3) is 0.579. The molecule has 13 heteroatoms. The van der Waals surface area contributed by atoms with Gasteiger partial charge in [0.15, 0.2) is 11.5 Å². The number of primary amides is 1. The van der Waals surface area contributed by atoms with Gasteiger partial charge in [-0.25, -0.2) is 8.91 Å². The largest absolute Gasteiger partial charge is 0.504 e. The minimum Gasteiger partial charge on any atom is -0.504 e. The average molecular weight is 474 g/mol. The summed E-state index contributed by atoms with van der Waals surface area (Å²) >= 11 is 0. The molecule has 0 spiro atoms. The maximum atomic E-state index is 12.3. The topological polar surface area (TPSA) is 200 Å². The van der Waals surface area contributed by atoms with E-state index in [1.807, 2.05) is 4.72 Å². The molecule has 2 amide bonds. The number of methoxy groups -OCH3 is 1. The molecule has 0 aromatic heterocycles. The number of nitrogens with zero attached hydrogens (tertiary/aromatic N) is 1. The summed E-state index contributed by atoms with van der Waals surface area (Å²) in [7, 11) is -3.02. The summed E-state index contributed by atoms with van der Waals surface area (Å²) in [5.41, 5.74) is 17.2. The van der Waals surface area contributed by atoms with Gasteiger partial charge in [0.05, 0.1) is 25.3 Å². The molecule has 180 valence electrons. The predicted octanol–water partition coefficient (Wildman–Crippen LogP) is -1.34.